The summed E-state index contributed by atoms with van der Waals surface area (Å²) in [6.45, 7) is 0. The van der Waals surface area contributed by atoms with Crippen LogP contribution in [-0.4, -0.2) is 19.2 Å². The van der Waals surface area contributed by atoms with Gasteiger partial charge in [0.25, 0.3) is 0 Å². The number of sulfone groups is 1. The third-order valence-electron chi connectivity index (χ3n) is 2.90. The van der Waals surface area contributed by atoms with Gasteiger partial charge in [-0.3, -0.25) is 0 Å². The predicted molar refractivity (Wildman–Crippen MR) is 78.5 cm³/mol. The predicted octanol–water partition coefficient (Wildman–Crippen LogP) is 2.49. The van der Waals surface area contributed by atoms with E-state index < -0.39 is 9.84 Å². The van der Waals surface area contributed by atoms with Crippen LogP contribution in [-0.2, 0) is 16.3 Å². The largest absolute Gasteiger partial charge is 0.428 e. The summed E-state index contributed by atoms with van der Waals surface area (Å²) in [4.78, 5) is 4.02. The molecular weight excluding hydrogens is 296 g/mol. The number of anilines is 1. The Kier molecular flexibility index (Phi) is 3.23. The average molecular weight is 308 g/mol. The van der Waals surface area contributed by atoms with Crippen LogP contribution in [0, 0.1) is 0 Å². The lowest BCUT2D eigenvalue weighted by Gasteiger charge is -1.98. The highest BCUT2D eigenvalue weighted by molar-refractivity contribution is 7.91. The van der Waals surface area contributed by atoms with Crippen LogP contribution in [0.1, 0.15) is 5.56 Å². The molecule has 0 aliphatic rings. The molecule has 5 nitrogen and oxygen atoms in total. The van der Waals surface area contributed by atoms with Crippen LogP contribution in [0.5, 0.6) is 0 Å². The molecule has 20 heavy (non-hydrogen) atoms. The number of benzene rings is 1. The van der Waals surface area contributed by atoms with Gasteiger partial charge in [-0.1, -0.05) is 0 Å². The van der Waals surface area contributed by atoms with Crippen LogP contribution in [0.15, 0.2) is 44.7 Å². The molecular formula is C13H12N2O3S2. The second-order valence-corrected chi connectivity index (χ2v) is 7.17. The number of rotatable bonds is 4. The van der Waals surface area contributed by atoms with Gasteiger partial charge < -0.3 is 10.2 Å². The van der Waals surface area contributed by atoms with Crippen molar-refractivity contribution in [1.82, 2.24) is 4.98 Å². The Morgan fingerprint density at radius 2 is 2.15 bits per heavy atom. The van der Waals surface area contributed by atoms with Gasteiger partial charge in [0.05, 0.1) is 5.75 Å². The molecule has 2 aromatic heterocycles. The maximum absolute atomic E-state index is 12.2. The van der Waals surface area contributed by atoms with Gasteiger partial charge in [-0.25, -0.2) is 8.42 Å². The quantitative estimate of drug-likeness (QED) is 0.748. The minimum Gasteiger partial charge on any atom is -0.428 e. The summed E-state index contributed by atoms with van der Waals surface area (Å²) in [5.74, 6) is -0.0218. The van der Waals surface area contributed by atoms with Crippen molar-refractivity contribution in [2.45, 2.75) is 11.6 Å². The lowest BCUT2D eigenvalue weighted by atomic mass is 10.3. The summed E-state index contributed by atoms with van der Waals surface area (Å²) in [5, 5.41) is 3.61. The Hall–Kier alpha value is -1.86. The zero-order valence-electron chi connectivity index (χ0n) is 10.4. The van der Waals surface area contributed by atoms with E-state index in [9.17, 15) is 8.42 Å². The summed E-state index contributed by atoms with van der Waals surface area (Å²) >= 11 is 1.54. The molecule has 0 aliphatic heterocycles. The molecule has 0 amide bonds. The molecule has 3 aromatic rings. The summed E-state index contributed by atoms with van der Waals surface area (Å²) in [6, 6.07) is 6.78. The zero-order valence-corrected chi connectivity index (χ0v) is 12.1. The van der Waals surface area contributed by atoms with Crippen LogP contribution in [0.4, 0.5) is 5.69 Å². The van der Waals surface area contributed by atoms with Gasteiger partial charge in [-0.2, -0.15) is 16.3 Å². The van der Waals surface area contributed by atoms with Crippen molar-refractivity contribution in [3.8, 4) is 0 Å². The Morgan fingerprint density at radius 1 is 1.30 bits per heavy atom. The van der Waals surface area contributed by atoms with Crippen molar-refractivity contribution in [2.75, 3.05) is 11.5 Å². The smallest absolute Gasteiger partial charge is 0.316 e. The fourth-order valence-corrected chi connectivity index (χ4v) is 3.66. The molecule has 0 saturated heterocycles. The first-order chi connectivity index (χ1) is 9.54. The van der Waals surface area contributed by atoms with Crippen molar-refractivity contribution in [2.24, 2.45) is 0 Å². The second-order valence-electron chi connectivity index (χ2n) is 4.41. The molecule has 2 heterocycles. The zero-order chi connectivity index (χ0) is 14.2. The SMILES string of the molecule is Nc1ccc2nc(S(=O)(=O)CCc3ccsc3)oc2c1. The first-order valence-corrected chi connectivity index (χ1v) is 8.54. The van der Waals surface area contributed by atoms with Crippen LogP contribution < -0.4 is 5.73 Å². The van der Waals surface area contributed by atoms with E-state index in [1.807, 2.05) is 16.8 Å². The molecule has 2 N–H and O–H groups in total. The molecule has 104 valence electrons. The van der Waals surface area contributed by atoms with E-state index in [0.29, 0.717) is 23.2 Å². The molecule has 0 aliphatic carbocycles. The number of hydrogen-bond donors (Lipinski definition) is 1. The van der Waals surface area contributed by atoms with E-state index >= 15 is 0 Å². The third kappa shape index (κ3) is 2.54. The van der Waals surface area contributed by atoms with Crippen LogP contribution in [0.3, 0.4) is 0 Å². The summed E-state index contributed by atoms with van der Waals surface area (Å²) in [5.41, 5.74) is 8.02. The van der Waals surface area contributed by atoms with Gasteiger partial charge in [0.1, 0.15) is 5.52 Å². The number of nitrogens with zero attached hydrogens (tertiary/aromatic N) is 1. The van der Waals surface area contributed by atoms with E-state index in [2.05, 4.69) is 4.98 Å². The van der Waals surface area contributed by atoms with E-state index in [0.717, 1.165) is 5.56 Å². The molecule has 0 atom stereocenters. The van der Waals surface area contributed by atoms with Crippen LogP contribution in [0.2, 0.25) is 0 Å². The van der Waals surface area contributed by atoms with Crippen molar-refractivity contribution in [3.05, 3.63) is 40.6 Å². The molecule has 0 saturated carbocycles. The lowest BCUT2D eigenvalue weighted by molar-refractivity contribution is 0.458. The van der Waals surface area contributed by atoms with Gasteiger partial charge in [0.15, 0.2) is 5.58 Å². The Labute approximate surface area is 120 Å². The summed E-state index contributed by atoms with van der Waals surface area (Å²) in [6.07, 6.45) is 0.451. The maximum atomic E-state index is 12.2. The minimum atomic E-state index is -3.53. The van der Waals surface area contributed by atoms with Crippen LogP contribution in [0.25, 0.3) is 11.1 Å². The first kappa shape index (κ1) is 13.1. The highest BCUT2D eigenvalue weighted by atomic mass is 32.2. The lowest BCUT2D eigenvalue weighted by Crippen LogP contribution is -2.09. The molecule has 7 heteroatoms. The Bertz CT molecular complexity index is 836. The average Bonchev–Trinajstić information content (AvgIpc) is 3.05. The van der Waals surface area contributed by atoms with E-state index in [-0.39, 0.29) is 11.0 Å². The fourth-order valence-electron chi connectivity index (χ4n) is 1.83. The normalized spacial score (nSPS) is 12.0. The molecule has 0 bridgehead atoms. The summed E-state index contributed by atoms with van der Waals surface area (Å²) in [7, 11) is -3.53. The standard InChI is InChI=1S/C13H12N2O3S2/c14-10-1-2-11-12(7-10)18-13(15-11)20(16,17)6-4-9-3-5-19-8-9/h1-3,5,7-8H,4,6,14H2. The van der Waals surface area contributed by atoms with Crippen LogP contribution >= 0.6 is 11.3 Å². The van der Waals surface area contributed by atoms with Gasteiger partial charge in [0.2, 0.25) is 9.84 Å². The number of nitrogen functional groups attached to an aromatic ring is 1. The van der Waals surface area contributed by atoms with Crippen molar-refractivity contribution in [1.29, 1.82) is 0 Å². The second kappa shape index (κ2) is 4.92. The van der Waals surface area contributed by atoms with Gasteiger partial charge in [0, 0.05) is 11.8 Å². The van der Waals surface area contributed by atoms with E-state index in [1.54, 1.807) is 29.5 Å². The number of aromatic nitrogens is 1. The highest BCUT2D eigenvalue weighted by Gasteiger charge is 2.21. The number of thiophene rings is 1. The van der Waals surface area contributed by atoms with Gasteiger partial charge in [-0.05, 0) is 40.9 Å². The molecule has 1 aromatic carbocycles. The van der Waals surface area contributed by atoms with E-state index in [4.69, 9.17) is 10.2 Å². The maximum Gasteiger partial charge on any atom is 0.316 e. The molecule has 0 unspecified atom stereocenters. The van der Waals surface area contributed by atoms with E-state index in [1.165, 1.54) is 0 Å². The highest BCUT2D eigenvalue weighted by Crippen LogP contribution is 2.22. The first-order valence-electron chi connectivity index (χ1n) is 5.94. The van der Waals surface area contributed by atoms with Crippen molar-refractivity contribution < 1.29 is 12.8 Å². The topological polar surface area (TPSA) is 86.2 Å². The molecule has 0 radical (unpaired) electrons. The third-order valence-corrected chi connectivity index (χ3v) is 5.08. The number of nitrogens with two attached hydrogens (primary N) is 1. The Morgan fingerprint density at radius 3 is 2.90 bits per heavy atom. The number of hydrogen-bond acceptors (Lipinski definition) is 6. The number of fused-ring (bicyclic) bond motifs is 1. The molecule has 0 fully saturated rings. The minimum absolute atomic E-state index is 0.0218. The van der Waals surface area contributed by atoms with Gasteiger partial charge in [-0.15, -0.1) is 0 Å². The summed E-state index contributed by atoms with van der Waals surface area (Å²) < 4.78 is 29.7. The monoisotopic (exact) mass is 308 g/mol. The number of oxazole rings is 1. The van der Waals surface area contributed by atoms with Crippen molar-refractivity contribution >= 4 is 38.0 Å². The molecule has 0 spiro atoms. The molecule has 3 rings (SSSR count). The van der Waals surface area contributed by atoms with Gasteiger partial charge >= 0.3 is 5.22 Å². The number of aryl methyl sites for hydroxylation is 1. The van der Waals surface area contributed by atoms with Crippen molar-refractivity contribution in [3.63, 3.8) is 0 Å². The Balaban J connectivity index is 1.88. The fraction of sp³-hybridized carbons (Fsp3) is 0.154.